The van der Waals surface area contributed by atoms with Gasteiger partial charge in [0.25, 0.3) is 0 Å². The van der Waals surface area contributed by atoms with Crippen LogP contribution in [0.4, 0.5) is 15.8 Å². The van der Waals surface area contributed by atoms with Crippen molar-refractivity contribution in [2.24, 2.45) is 0 Å². The fourth-order valence-electron chi connectivity index (χ4n) is 3.93. The topological polar surface area (TPSA) is 69.7 Å². The van der Waals surface area contributed by atoms with E-state index in [4.69, 9.17) is 11.6 Å². The number of amides is 1. The summed E-state index contributed by atoms with van der Waals surface area (Å²) in [7, 11) is -3.67. The molecule has 1 heterocycles. The van der Waals surface area contributed by atoms with Gasteiger partial charge in [0.2, 0.25) is 15.9 Å². The maximum atomic E-state index is 14.1. The second kappa shape index (κ2) is 10.6. The van der Waals surface area contributed by atoms with Crippen LogP contribution in [-0.2, 0) is 21.2 Å². The zero-order valence-electron chi connectivity index (χ0n) is 18.4. The quantitative estimate of drug-likeness (QED) is 0.594. The van der Waals surface area contributed by atoms with Gasteiger partial charge in [0.05, 0.1) is 22.7 Å². The molecular weight excluding hydrogens is 453 g/mol. The summed E-state index contributed by atoms with van der Waals surface area (Å²) >= 11 is 6.06. The highest BCUT2D eigenvalue weighted by molar-refractivity contribution is 7.89. The summed E-state index contributed by atoms with van der Waals surface area (Å²) in [6.07, 6.45) is 2.44. The van der Waals surface area contributed by atoms with E-state index in [1.165, 1.54) is 28.6 Å². The van der Waals surface area contributed by atoms with E-state index in [0.717, 1.165) is 19.3 Å². The van der Waals surface area contributed by atoms with Crippen LogP contribution in [0.15, 0.2) is 41.3 Å². The van der Waals surface area contributed by atoms with Crippen molar-refractivity contribution in [3.05, 3.63) is 52.8 Å². The van der Waals surface area contributed by atoms with Crippen LogP contribution in [0.1, 0.15) is 38.7 Å². The number of benzene rings is 2. The first-order chi connectivity index (χ1) is 15.3. The molecule has 1 fully saturated rings. The van der Waals surface area contributed by atoms with Crippen molar-refractivity contribution in [1.82, 2.24) is 4.31 Å². The number of nitrogens with zero attached hydrogens (tertiary/aromatic N) is 2. The number of carbonyl (C=O) groups is 1. The van der Waals surface area contributed by atoms with Gasteiger partial charge in [-0.05, 0) is 57.0 Å². The molecule has 9 heteroatoms. The number of halogens is 2. The van der Waals surface area contributed by atoms with Crippen molar-refractivity contribution < 1.29 is 17.6 Å². The number of carbonyl (C=O) groups excluding carboxylic acids is 1. The fraction of sp³-hybridized carbons (Fsp3) is 0.435. The summed E-state index contributed by atoms with van der Waals surface area (Å²) in [5.74, 6) is -1.03. The lowest BCUT2D eigenvalue weighted by atomic mass is 10.1. The molecule has 0 unspecified atom stereocenters. The predicted molar refractivity (Wildman–Crippen MR) is 126 cm³/mol. The van der Waals surface area contributed by atoms with Gasteiger partial charge < -0.3 is 10.2 Å². The van der Waals surface area contributed by atoms with E-state index in [1.807, 2.05) is 18.7 Å². The summed E-state index contributed by atoms with van der Waals surface area (Å²) in [6.45, 7) is 6.30. The van der Waals surface area contributed by atoms with Crippen molar-refractivity contribution in [3.8, 4) is 0 Å². The van der Waals surface area contributed by atoms with Gasteiger partial charge in [-0.1, -0.05) is 24.1 Å². The number of rotatable bonds is 8. The molecule has 6 nitrogen and oxygen atoms in total. The highest BCUT2D eigenvalue weighted by Gasteiger charge is 2.27. The molecule has 0 spiro atoms. The van der Waals surface area contributed by atoms with Gasteiger partial charge in [-0.2, -0.15) is 4.31 Å². The lowest BCUT2D eigenvalue weighted by Gasteiger charge is -2.28. The van der Waals surface area contributed by atoms with Crippen molar-refractivity contribution in [1.29, 1.82) is 0 Å². The number of sulfonamides is 1. The Hall–Kier alpha value is -2.16. The van der Waals surface area contributed by atoms with E-state index in [0.29, 0.717) is 37.6 Å². The minimum absolute atomic E-state index is 0.105. The summed E-state index contributed by atoms with van der Waals surface area (Å²) in [5.41, 5.74) is 1.19. The number of piperidine rings is 1. The fourth-order valence-corrected chi connectivity index (χ4v) is 5.70. The molecule has 174 valence electrons. The smallest absolute Gasteiger partial charge is 0.243 e. The van der Waals surface area contributed by atoms with Crippen LogP contribution in [0.3, 0.4) is 0 Å². The van der Waals surface area contributed by atoms with Gasteiger partial charge in [0, 0.05) is 36.8 Å². The van der Waals surface area contributed by atoms with Crippen LogP contribution in [-0.4, -0.2) is 44.8 Å². The van der Waals surface area contributed by atoms with Crippen molar-refractivity contribution in [2.75, 3.05) is 36.4 Å². The summed E-state index contributed by atoms with van der Waals surface area (Å²) < 4.78 is 41.9. The second-order valence-electron chi connectivity index (χ2n) is 7.74. The van der Waals surface area contributed by atoms with Gasteiger partial charge in [-0.15, -0.1) is 0 Å². The standard InChI is InChI=1S/C23H29ClFN3O3S/c1-3-27(4-2)22-12-11-17(32(30,31)28-13-6-5-7-14-28)15-21(22)26-23(29)16-18-19(24)9-8-10-20(18)25/h8-12,15H,3-7,13-14,16H2,1-2H3,(H,26,29). The molecule has 1 aliphatic heterocycles. The largest absolute Gasteiger partial charge is 0.370 e. The first-order valence-corrected chi connectivity index (χ1v) is 12.7. The molecule has 2 aromatic rings. The highest BCUT2D eigenvalue weighted by Crippen LogP contribution is 2.31. The Morgan fingerprint density at radius 3 is 2.44 bits per heavy atom. The van der Waals surface area contributed by atoms with Crippen LogP contribution in [0, 0.1) is 5.82 Å². The van der Waals surface area contributed by atoms with Gasteiger partial charge in [0.15, 0.2) is 0 Å². The Kier molecular flexibility index (Phi) is 8.14. The van der Waals surface area contributed by atoms with Crippen LogP contribution in [0.2, 0.25) is 5.02 Å². The zero-order valence-corrected chi connectivity index (χ0v) is 20.0. The highest BCUT2D eigenvalue weighted by atomic mass is 35.5. The predicted octanol–water partition coefficient (Wildman–Crippen LogP) is 4.68. The van der Waals surface area contributed by atoms with Gasteiger partial charge in [-0.3, -0.25) is 4.79 Å². The SMILES string of the molecule is CCN(CC)c1ccc(S(=O)(=O)N2CCCCC2)cc1NC(=O)Cc1c(F)cccc1Cl. The molecule has 32 heavy (non-hydrogen) atoms. The molecule has 0 aliphatic carbocycles. The van der Waals surface area contributed by atoms with Crippen LogP contribution < -0.4 is 10.2 Å². The molecule has 0 atom stereocenters. The Morgan fingerprint density at radius 1 is 1.12 bits per heavy atom. The zero-order chi connectivity index (χ0) is 23.3. The van der Waals surface area contributed by atoms with Crippen LogP contribution >= 0.6 is 11.6 Å². The third-order valence-electron chi connectivity index (χ3n) is 5.70. The normalized spacial score (nSPS) is 14.9. The monoisotopic (exact) mass is 481 g/mol. The first-order valence-electron chi connectivity index (χ1n) is 10.9. The average Bonchev–Trinajstić information content (AvgIpc) is 2.78. The lowest BCUT2D eigenvalue weighted by Crippen LogP contribution is -2.35. The molecular formula is C23H29ClFN3O3S. The molecule has 1 amide bonds. The van der Waals surface area contributed by atoms with Gasteiger partial charge in [0.1, 0.15) is 5.82 Å². The molecule has 0 aromatic heterocycles. The lowest BCUT2D eigenvalue weighted by molar-refractivity contribution is -0.115. The van der Waals surface area contributed by atoms with E-state index >= 15 is 0 Å². The molecule has 2 aromatic carbocycles. The summed E-state index contributed by atoms with van der Waals surface area (Å²) in [4.78, 5) is 14.9. The van der Waals surface area contributed by atoms with Crippen molar-refractivity contribution in [2.45, 2.75) is 44.4 Å². The second-order valence-corrected chi connectivity index (χ2v) is 10.1. The molecule has 0 radical (unpaired) electrons. The number of hydrogen-bond acceptors (Lipinski definition) is 4. The van der Waals surface area contributed by atoms with E-state index in [9.17, 15) is 17.6 Å². The number of anilines is 2. The third kappa shape index (κ3) is 5.42. The third-order valence-corrected chi connectivity index (χ3v) is 7.95. The summed E-state index contributed by atoms with van der Waals surface area (Å²) in [6, 6.07) is 9.06. The molecule has 1 saturated heterocycles. The van der Waals surface area contributed by atoms with Crippen molar-refractivity contribution in [3.63, 3.8) is 0 Å². The molecule has 1 aliphatic rings. The van der Waals surface area contributed by atoms with E-state index in [1.54, 1.807) is 12.1 Å². The molecule has 0 bridgehead atoms. The minimum Gasteiger partial charge on any atom is -0.370 e. The number of hydrogen-bond donors (Lipinski definition) is 1. The molecule has 3 rings (SSSR count). The van der Waals surface area contributed by atoms with E-state index < -0.39 is 21.7 Å². The molecule has 0 saturated carbocycles. The van der Waals surface area contributed by atoms with Gasteiger partial charge in [-0.25, -0.2) is 12.8 Å². The van der Waals surface area contributed by atoms with Gasteiger partial charge >= 0.3 is 0 Å². The number of nitrogens with one attached hydrogen (secondary N) is 1. The van der Waals surface area contributed by atoms with Crippen LogP contribution in [0.5, 0.6) is 0 Å². The Morgan fingerprint density at radius 2 is 1.81 bits per heavy atom. The van der Waals surface area contributed by atoms with Crippen LogP contribution in [0.25, 0.3) is 0 Å². The Bertz CT molecular complexity index is 1050. The Balaban J connectivity index is 1.94. The maximum Gasteiger partial charge on any atom is 0.243 e. The first kappa shape index (κ1) is 24.5. The minimum atomic E-state index is -3.67. The average molecular weight is 482 g/mol. The molecule has 1 N–H and O–H groups in total. The van der Waals surface area contributed by atoms with Crippen molar-refractivity contribution >= 4 is 38.9 Å². The van der Waals surface area contributed by atoms with E-state index in [-0.39, 0.29) is 21.9 Å². The van der Waals surface area contributed by atoms with E-state index in [2.05, 4.69) is 5.32 Å². The maximum absolute atomic E-state index is 14.1. The summed E-state index contributed by atoms with van der Waals surface area (Å²) in [5, 5.41) is 2.96. The Labute approximate surface area is 194 Å².